The molecule has 0 spiro atoms. The molecule has 14 heavy (non-hydrogen) atoms. The van der Waals surface area contributed by atoms with E-state index in [9.17, 15) is 4.79 Å². The second-order valence-electron chi connectivity index (χ2n) is 2.77. The number of hydrogen-bond acceptors (Lipinski definition) is 4. The maximum Gasteiger partial charge on any atom is 0.200 e. The highest BCUT2D eigenvalue weighted by Crippen LogP contribution is 2.17. The number of ketones is 1. The maximum atomic E-state index is 11.6. The van der Waals surface area contributed by atoms with Gasteiger partial charge in [-0.25, -0.2) is 4.98 Å². The molecule has 76 valence electrons. The van der Waals surface area contributed by atoms with Gasteiger partial charge >= 0.3 is 0 Å². The number of nitrogens with zero attached hydrogens (tertiary/aromatic N) is 1. The maximum absolute atomic E-state index is 11.6. The number of thiazole rings is 1. The minimum Gasteiger partial charge on any atom is -0.501 e. The van der Waals surface area contributed by atoms with E-state index in [4.69, 9.17) is 4.74 Å². The van der Waals surface area contributed by atoms with Crippen molar-refractivity contribution in [3.63, 3.8) is 0 Å². The van der Waals surface area contributed by atoms with Gasteiger partial charge in [0.15, 0.2) is 0 Å². The van der Waals surface area contributed by atoms with Gasteiger partial charge in [-0.1, -0.05) is 0 Å². The fourth-order valence-corrected chi connectivity index (χ4v) is 1.88. The van der Waals surface area contributed by atoms with Crippen LogP contribution in [-0.4, -0.2) is 17.4 Å². The van der Waals surface area contributed by atoms with Crippen molar-refractivity contribution in [3.05, 3.63) is 27.9 Å². The van der Waals surface area contributed by atoms with Crippen LogP contribution in [0, 0.1) is 13.8 Å². The fourth-order valence-electron chi connectivity index (χ4n) is 1.04. The predicted octanol–water partition coefficient (Wildman–Crippen LogP) is 2.49. The summed E-state index contributed by atoms with van der Waals surface area (Å²) in [6.45, 7) is 6.17. The van der Waals surface area contributed by atoms with Gasteiger partial charge in [0.25, 0.3) is 0 Å². The molecule has 0 fully saturated rings. The van der Waals surface area contributed by atoms with Crippen molar-refractivity contribution in [2.75, 3.05) is 6.61 Å². The van der Waals surface area contributed by atoms with Crippen molar-refractivity contribution in [2.45, 2.75) is 20.8 Å². The van der Waals surface area contributed by atoms with E-state index in [1.165, 1.54) is 23.7 Å². The Bertz CT molecular complexity index is 355. The first-order valence-corrected chi connectivity index (χ1v) is 5.23. The summed E-state index contributed by atoms with van der Waals surface area (Å²) in [4.78, 5) is 16.4. The molecular formula is C10H13NO2S. The molecule has 4 heteroatoms. The second kappa shape index (κ2) is 4.91. The van der Waals surface area contributed by atoms with E-state index in [2.05, 4.69) is 4.98 Å². The predicted molar refractivity (Wildman–Crippen MR) is 56.7 cm³/mol. The Kier molecular flexibility index (Phi) is 3.83. The van der Waals surface area contributed by atoms with Gasteiger partial charge in [-0.05, 0) is 20.8 Å². The first-order chi connectivity index (χ1) is 6.65. The monoisotopic (exact) mass is 211 g/mol. The summed E-state index contributed by atoms with van der Waals surface area (Å²) >= 11 is 1.41. The summed E-state index contributed by atoms with van der Waals surface area (Å²) < 4.78 is 4.96. The third kappa shape index (κ3) is 2.67. The highest BCUT2D eigenvalue weighted by Gasteiger charge is 2.10. The molecule has 1 aromatic rings. The Morgan fingerprint density at radius 2 is 2.29 bits per heavy atom. The minimum atomic E-state index is -0.0402. The van der Waals surface area contributed by atoms with Gasteiger partial charge in [0, 0.05) is 6.08 Å². The molecule has 0 N–H and O–H groups in total. The first kappa shape index (κ1) is 10.9. The van der Waals surface area contributed by atoms with Crippen LogP contribution in [0.5, 0.6) is 0 Å². The second-order valence-corrected chi connectivity index (χ2v) is 3.97. The quantitative estimate of drug-likeness (QED) is 0.436. The van der Waals surface area contributed by atoms with E-state index in [1.807, 2.05) is 20.8 Å². The normalized spacial score (nSPS) is 10.8. The molecule has 0 bridgehead atoms. The van der Waals surface area contributed by atoms with Crippen molar-refractivity contribution in [2.24, 2.45) is 0 Å². The topological polar surface area (TPSA) is 39.2 Å². The van der Waals surface area contributed by atoms with Crippen LogP contribution in [-0.2, 0) is 4.74 Å². The molecule has 0 saturated heterocycles. The molecule has 0 aliphatic rings. The van der Waals surface area contributed by atoms with Gasteiger partial charge in [-0.3, -0.25) is 4.79 Å². The molecule has 1 rings (SSSR count). The van der Waals surface area contributed by atoms with Crippen molar-refractivity contribution in [1.29, 1.82) is 0 Å². The van der Waals surface area contributed by atoms with Crippen LogP contribution >= 0.6 is 11.3 Å². The Labute approximate surface area is 87.4 Å². The summed E-state index contributed by atoms with van der Waals surface area (Å²) in [7, 11) is 0. The number of rotatable bonds is 4. The fraction of sp³-hybridized carbons (Fsp3) is 0.400. The average molecular weight is 211 g/mol. The Morgan fingerprint density at radius 1 is 1.57 bits per heavy atom. The number of carbonyl (C=O) groups is 1. The van der Waals surface area contributed by atoms with E-state index in [1.54, 1.807) is 0 Å². The highest BCUT2D eigenvalue weighted by atomic mass is 32.1. The van der Waals surface area contributed by atoms with Gasteiger partial charge in [-0.15, -0.1) is 11.3 Å². The lowest BCUT2D eigenvalue weighted by Crippen LogP contribution is -1.93. The first-order valence-electron chi connectivity index (χ1n) is 4.41. The Balaban J connectivity index is 2.74. The zero-order valence-corrected chi connectivity index (χ0v) is 9.35. The van der Waals surface area contributed by atoms with Gasteiger partial charge in [-0.2, -0.15) is 0 Å². The van der Waals surface area contributed by atoms with Crippen LogP contribution < -0.4 is 0 Å². The van der Waals surface area contributed by atoms with E-state index in [0.717, 1.165) is 10.7 Å². The van der Waals surface area contributed by atoms with Crippen LogP contribution in [0.15, 0.2) is 12.3 Å². The summed E-state index contributed by atoms with van der Waals surface area (Å²) in [5.74, 6) is -0.0402. The standard InChI is InChI=1S/C10H13NO2S/c1-4-13-6-5-9(12)10-7(2)11-8(3)14-10/h5-6H,4H2,1-3H3/b6-5+. The van der Waals surface area contributed by atoms with Gasteiger partial charge in [0.05, 0.1) is 28.4 Å². The lowest BCUT2D eigenvalue weighted by molar-refractivity contribution is 0.104. The molecule has 0 aliphatic heterocycles. The summed E-state index contributed by atoms with van der Waals surface area (Å²) in [5, 5.41) is 0.913. The van der Waals surface area contributed by atoms with E-state index < -0.39 is 0 Å². The number of hydrogen-bond donors (Lipinski definition) is 0. The van der Waals surface area contributed by atoms with Crippen molar-refractivity contribution >= 4 is 17.1 Å². The molecule has 1 heterocycles. The number of carbonyl (C=O) groups excluding carboxylic acids is 1. The average Bonchev–Trinajstić information content (AvgIpc) is 2.45. The third-order valence-electron chi connectivity index (χ3n) is 1.61. The number of aryl methyl sites for hydroxylation is 2. The van der Waals surface area contributed by atoms with Crippen LogP contribution in [0.1, 0.15) is 27.3 Å². The summed E-state index contributed by atoms with van der Waals surface area (Å²) in [6, 6.07) is 0. The smallest absolute Gasteiger partial charge is 0.200 e. The lowest BCUT2D eigenvalue weighted by atomic mass is 10.3. The molecule has 0 amide bonds. The lowest BCUT2D eigenvalue weighted by Gasteiger charge is -1.92. The molecule has 0 saturated carbocycles. The van der Waals surface area contributed by atoms with Crippen molar-refractivity contribution in [3.8, 4) is 0 Å². The largest absolute Gasteiger partial charge is 0.501 e. The number of allylic oxidation sites excluding steroid dienone is 1. The third-order valence-corrected chi connectivity index (χ3v) is 2.70. The molecular weight excluding hydrogens is 198 g/mol. The zero-order chi connectivity index (χ0) is 10.6. The van der Waals surface area contributed by atoms with Crippen LogP contribution in [0.2, 0.25) is 0 Å². The van der Waals surface area contributed by atoms with Crippen LogP contribution in [0.3, 0.4) is 0 Å². The summed E-state index contributed by atoms with van der Waals surface area (Å²) in [5.41, 5.74) is 0.790. The SMILES string of the molecule is CCO/C=C/C(=O)c1sc(C)nc1C. The number of aromatic nitrogens is 1. The zero-order valence-electron chi connectivity index (χ0n) is 8.53. The van der Waals surface area contributed by atoms with E-state index >= 15 is 0 Å². The van der Waals surface area contributed by atoms with Crippen LogP contribution in [0.4, 0.5) is 0 Å². The van der Waals surface area contributed by atoms with Crippen LogP contribution in [0.25, 0.3) is 0 Å². The molecule has 0 aromatic carbocycles. The molecule has 0 aliphatic carbocycles. The van der Waals surface area contributed by atoms with E-state index in [-0.39, 0.29) is 5.78 Å². The van der Waals surface area contributed by atoms with Gasteiger partial charge < -0.3 is 4.74 Å². The minimum absolute atomic E-state index is 0.0402. The van der Waals surface area contributed by atoms with Gasteiger partial charge in [0.2, 0.25) is 5.78 Å². The number of ether oxygens (including phenoxy) is 1. The highest BCUT2D eigenvalue weighted by molar-refractivity contribution is 7.13. The van der Waals surface area contributed by atoms with Crippen molar-refractivity contribution in [1.82, 2.24) is 4.98 Å². The molecule has 0 radical (unpaired) electrons. The molecule has 3 nitrogen and oxygen atoms in total. The Morgan fingerprint density at radius 3 is 2.79 bits per heavy atom. The van der Waals surface area contributed by atoms with Gasteiger partial charge in [0.1, 0.15) is 0 Å². The molecule has 1 aromatic heterocycles. The summed E-state index contributed by atoms with van der Waals surface area (Å²) in [6.07, 6.45) is 2.86. The molecule has 0 unspecified atom stereocenters. The van der Waals surface area contributed by atoms with Crippen molar-refractivity contribution < 1.29 is 9.53 Å². The molecule has 0 atom stereocenters. The Hall–Kier alpha value is -1.16. The van der Waals surface area contributed by atoms with E-state index in [0.29, 0.717) is 11.5 Å².